The van der Waals surface area contributed by atoms with Crippen LogP contribution in [0.15, 0.2) is 35.1 Å². The van der Waals surface area contributed by atoms with Crippen molar-refractivity contribution in [3.8, 4) is 11.4 Å². The van der Waals surface area contributed by atoms with Crippen LogP contribution in [0.2, 0.25) is 0 Å². The van der Waals surface area contributed by atoms with E-state index in [0.29, 0.717) is 18.3 Å². The van der Waals surface area contributed by atoms with Gasteiger partial charge >= 0.3 is 0 Å². The summed E-state index contributed by atoms with van der Waals surface area (Å²) < 4.78 is 0. The van der Waals surface area contributed by atoms with Crippen LogP contribution >= 0.6 is 0 Å². The molecule has 1 amide bonds. The van der Waals surface area contributed by atoms with Crippen molar-refractivity contribution in [1.29, 1.82) is 0 Å². The molecule has 0 saturated carbocycles. The maximum atomic E-state index is 12.8. The van der Waals surface area contributed by atoms with Gasteiger partial charge in [0, 0.05) is 35.5 Å². The average Bonchev–Trinajstić information content (AvgIpc) is 2.95. The molecule has 2 aromatic rings. The van der Waals surface area contributed by atoms with E-state index >= 15 is 0 Å². The number of hydrogen-bond donors (Lipinski definition) is 2. The molecular weight excluding hydrogens is 364 g/mol. The molecule has 5 rings (SSSR count). The monoisotopic (exact) mass is 392 g/mol. The van der Waals surface area contributed by atoms with Crippen molar-refractivity contribution >= 4 is 5.91 Å². The smallest absolute Gasteiger partial charge is 0.254 e. The molecule has 2 fully saturated rings. The predicted molar refractivity (Wildman–Crippen MR) is 112 cm³/mol. The molecule has 29 heavy (non-hydrogen) atoms. The molecule has 1 aromatic heterocycles. The fourth-order valence-corrected chi connectivity index (χ4v) is 5.46. The first kappa shape index (κ1) is 18.6. The number of amides is 1. The summed E-state index contributed by atoms with van der Waals surface area (Å²) in [7, 11) is 0. The standard InChI is InChI=1S/C23H28N4O2/c28-19-7-6-17(9-13-24-19)27-14-11-23(12-15-27)10-8-18-20(23)25-21(26-22(18)29)16-4-2-1-3-5-16/h1-5,17H,6-15H2,(H,24,28)(H,25,26,29). The normalized spacial score (nSPS) is 24.1. The van der Waals surface area contributed by atoms with Gasteiger partial charge in [0.15, 0.2) is 0 Å². The summed E-state index contributed by atoms with van der Waals surface area (Å²) in [5, 5.41) is 2.99. The Balaban J connectivity index is 1.38. The number of carbonyl (C=O) groups is 1. The van der Waals surface area contributed by atoms with Gasteiger partial charge in [-0.05, 0) is 51.6 Å². The Bertz CT molecular complexity index is 961. The first-order valence-corrected chi connectivity index (χ1v) is 10.8. The first-order chi connectivity index (χ1) is 14.1. The van der Waals surface area contributed by atoms with E-state index in [0.717, 1.165) is 75.0 Å². The van der Waals surface area contributed by atoms with Gasteiger partial charge in [-0.3, -0.25) is 9.59 Å². The molecular formula is C23H28N4O2. The van der Waals surface area contributed by atoms with Gasteiger partial charge in [0.2, 0.25) is 5.91 Å². The fourth-order valence-electron chi connectivity index (χ4n) is 5.46. The van der Waals surface area contributed by atoms with Gasteiger partial charge in [-0.1, -0.05) is 30.3 Å². The minimum atomic E-state index is 0.0292. The van der Waals surface area contributed by atoms with Crippen LogP contribution in [0.1, 0.15) is 49.8 Å². The van der Waals surface area contributed by atoms with Crippen LogP contribution in [0.4, 0.5) is 0 Å². The highest BCUT2D eigenvalue weighted by atomic mass is 16.1. The SMILES string of the molecule is O=C1CCC(N2CCC3(CCc4c3nc(-c3ccccc3)[nH]c4=O)CC2)CCN1. The van der Waals surface area contributed by atoms with E-state index in [2.05, 4.69) is 15.2 Å². The van der Waals surface area contributed by atoms with Gasteiger partial charge in [-0.2, -0.15) is 0 Å². The number of carbonyl (C=O) groups excluding carboxylic acids is 1. The Morgan fingerprint density at radius 1 is 1.00 bits per heavy atom. The van der Waals surface area contributed by atoms with Crippen LogP contribution in [0.5, 0.6) is 0 Å². The third-order valence-corrected chi connectivity index (χ3v) is 7.19. The molecule has 0 radical (unpaired) electrons. The van der Waals surface area contributed by atoms with Crippen molar-refractivity contribution in [3.05, 3.63) is 51.9 Å². The number of benzene rings is 1. The fraction of sp³-hybridized carbons (Fsp3) is 0.522. The molecule has 1 unspecified atom stereocenters. The van der Waals surface area contributed by atoms with Gasteiger partial charge in [0.1, 0.15) is 5.82 Å². The molecule has 152 valence electrons. The van der Waals surface area contributed by atoms with E-state index in [1.165, 1.54) is 0 Å². The summed E-state index contributed by atoms with van der Waals surface area (Å²) in [5.74, 6) is 0.869. The minimum absolute atomic E-state index is 0.0292. The lowest BCUT2D eigenvalue weighted by atomic mass is 9.75. The maximum absolute atomic E-state index is 12.8. The number of H-pyrrole nitrogens is 1. The molecule has 1 aliphatic carbocycles. The second-order valence-corrected chi connectivity index (χ2v) is 8.76. The molecule has 2 aliphatic heterocycles. The summed E-state index contributed by atoms with van der Waals surface area (Å²) in [4.78, 5) is 35.0. The summed E-state index contributed by atoms with van der Waals surface area (Å²) in [6, 6.07) is 10.4. The molecule has 2 N–H and O–H groups in total. The Kier molecular flexibility index (Phi) is 4.74. The Hall–Kier alpha value is -2.47. The number of aromatic nitrogens is 2. The van der Waals surface area contributed by atoms with Crippen molar-refractivity contribution < 1.29 is 4.79 Å². The number of nitrogens with one attached hydrogen (secondary N) is 2. The molecule has 6 nitrogen and oxygen atoms in total. The zero-order valence-electron chi connectivity index (χ0n) is 16.7. The van der Waals surface area contributed by atoms with Gasteiger partial charge < -0.3 is 15.2 Å². The zero-order chi connectivity index (χ0) is 19.8. The van der Waals surface area contributed by atoms with Crippen LogP contribution in [0.25, 0.3) is 11.4 Å². The summed E-state index contributed by atoms with van der Waals surface area (Å²) >= 11 is 0. The molecule has 0 bridgehead atoms. The lowest BCUT2D eigenvalue weighted by Crippen LogP contribution is -2.47. The number of likely N-dealkylation sites (tertiary alicyclic amines) is 1. The van der Waals surface area contributed by atoms with E-state index in [1.54, 1.807) is 0 Å². The van der Waals surface area contributed by atoms with E-state index in [-0.39, 0.29) is 16.9 Å². The van der Waals surface area contributed by atoms with Crippen molar-refractivity contribution in [2.75, 3.05) is 19.6 Å². The largest absolute Gasteiger partial charge is 0.356 e. The number of hydrogen-bond acceptors (Lipinski definition) is 4. The van der Waals surface area contributed by atoms with E-state index in [4.69, 9.17) is 4.98 Å². The summed E-state index contributed by atoms with van der Waals surface area (Å²) in [6.45, 7) is 2.83. The number of rotatable bonds is 2. The summed E-state index contributed by atoms with van der Waals surface area (Å²) in [6.07, 6.45) is 6.55. The quantitative estimate of drug-likeness (QED) is 0.823. The number of nitrogens with zero attached hydrogens (tertiary/aromatic N) is 2. The first-order valence-electron chi connectivity index (χ1n) is 10.8. The molecule has 3 aliphatic rings. The van der Waals surface area contributed by atoms with Crippen LogP contribution in [-0.4, -0.2) is 46.5 Å². The third-order valence-electron chi connectivity index (χ3n) is 7.19. The van der Waals surface area contributed by atoms with Crippen molar-refractivity contribution in [3.63, 3.8) is 0 Å². The lowest BCUT2D eigenvalue weighted by Gasteiger charge is -2.42. The second kappa shape index (κ2) is 7.41. The predicted octanol–water partition coefficient (Wildman–Crippen LogP) is 2.39. The van der Waals surface area contributed by atoms with Crippen molar-refractivity contribution in [2.24, 2.45) is 0 Å². The van der Waals surface area contributed by atoms with Crippen molar-refractivity contribution in [2.45, 2.75) is 56.4 Å². The van der Waals surface area contributed by atoms with Gasteiger partial charge in [0.05, 0.1) is 5.69 Å². The van der Waals surface area contributed by atoms with Gasteiger partial charge in [0.25, 0.3) is 5.56 Å². The molecule has 1 spiro atoms. The number of piperidine rings is 1. The van der Waals surface area contributed by atoms with Crippen LogP contribution < -0.4 is 10.9 Å². The summed E-state index contributed by atoms with van der Waals surface area (Å²) in [5.41, 5.74) is 2.95. The van der Waals surface area contributed by atoms with Crippen molar-refractivity contribution in [1.82, 2.24) is 20.2 Å². The molecule has 6 heteroatoms. The molecule has 1 atom stereocenters. The highest BCUT2D eigenvalue weighted by Crippen LogP contribution is 2.45. The topological polar surface area (TPSA) is 78.1 Å². The Labute approximate surface area is 170 Å². The zero-order valence-corrected chi connectivity index (χ0v) is 16.7. The van der Waals surface area contributed by atoms with Crippen LogP contribution in [-0.2, 0) is 16.6 Å². The Morgan fingerprint density at radius 2 is 1.79 bits per heavy atom. The molecule has 1 aromatic carbocycles. The lowest BCUT2D eigenvalue weighted by molar-refractivity contribution is -0.120. The second-order valence-electron chi connectivity index (χ2n) is 8.76. The van der Waals surface area contributed by atoms with Gasteiger partial charge in [-0.25, -0.2) is 4.98 Å². The number of aromatic amines is 1. The van der Waals surface area contributed by atoms with E-state index in [1.807, 2.05) is 30.3 Å². The van der Waals surface area contributed by atoms with Gasteiger partial charge in [-0.15, -0.1) is 0 Å². The van der Waals surface area contributed by atoms with Crippen LogP contribution in [0, 0.1) is 0 Å². The molecule has 3 heterocycles. The maximum Gasteiger partial charge on any atom is 0.254 e. The average molecular weight is 393 g/mol. The van der Waals surface area contributed by atoms with E-state index < -0.39 is 0 Å². The van der Waals surface area contributed by atoms with E-state index in [9.17, 15) is 9.59 Å². The highest BCUT2D eigenvalue weighted by molar-refractivity contribution is 5.76. The third kappa shape index (κ3) is 3.39. The highest BCUT2D eigenvalue weighted by Gasteiger charge is 2.44. The Morgan fingerprint density at radius 3 is 2.59 bits per heavy atom. The molecule has 2 saturated heterocycles. The van der Waals surface area contributed by atoms with Crippen LogP contribution in [0.3, 0.4) is 0 Å². The number of fused-ring (bicyclic) bond motifs is 2. The minimum Gasteiger partial charge on any atom is -0.356 e.